The van der Waals surface area contributed by atoms with Gasteiger partial charge in [0.2, 0.25) is 5.91 Å². The maximum Gasteiger partial charge on any atom is 0.472 e. The van der Waals surface area contributed by atoms with Gasteiger partial charge in [-0.15, -0.1) is 0 Å². The molecule has 1 unspecified atom stereocenters. The maximum absolute atomic E-state index is 12.2. The Labute approximate surface area is 277 Å². The number of phosphoric acid groups is 1. The number of aliphatic carboxylic acids is 1. The Bertz CT molecular complexity index is 930. The number of carboxylic acids is 1. The molecule has 1 amide bonds. The molecular formula is C31H54NO12PS. The number of benzene rings is 1. The van der Waals surface area contributed by atoms with E-state index in [1.807, 2.05) is 0 Å². The maximum atomic E-state index is 12.2. The van der Waals surface area contributed by atoms with Gasteiger partial charge in [0.1, 0.15) is 0 Å². The van der Waals surface area contributed by atoms with Crippen LogP contribution in [-0.4, -0.2) is 111 Å². The van der Waals surface area contributed by atoms with Gasteiger partial charge < -0.3 is 39.4 Å². The summed E-state index contributed by atoms with van der Waals surface area (Å²) in [7, 11) is -4.49. The van der Waals surface area contributed by atoms with Crippen LogP contribution < -0.4 is 5.32 Å². The number of ether oxygens (including phenoxy) is 4. The molecule has 0 spiro atoms. The van der Waals surface area contributed by atoms with Gasteiger partial charge >= 0.3 is 13.8 Å². The average Bonchev–Trinajstić information content (AvgIpc) is 3.04. The van der Waals surface area contributed by atoms with E-state index in [-0.39, 0.29) is 19.0 Å². The number of carboxylic acid groups (broad SMARTS) is 1. The molecule has 1 rings (SSSR count). The average molecular weight is 696 g/mol. The van der Waals surface area contributed by atoms with Crippen molar-refractivity contribution >= 4 is 31.5 Å². The van der Waals surface area contributed by atoms with E-state index in [9.17, 15) is 24.2 Å². The summed E-state index contributed by atoms with van der Waals surface area (Å²) in [5, 5.41) is 20.3. The molecular weight excluding hydrogens is 641 g/mol. The Morgan fingerprint density at radius 3 is 1.83 bits per heavy atom. The lowest BCUT2D eigenvalue weighted by atomic mass is 10.1. The molecule has 0 aliphatic heterocycles. The lowest BCUT2D eigenvalue weighted by Gasteiger charge is -2.17. The van der Waals surface area contributed by atoms with Crippen LogP contribution in [0.15, 0.2) is 30.3 Å². The zero-order valence-corrected chi connectivity index (χ0v) is 28.6. The number of aliphatic hydroxyl groups is 1. The third-order valence-corrected chi connectivity index (χ3v) is 8.41. The van der Waals surface area contributed by atoms with E-state index in [4.69, 9.17) is 33.1 Å². The minimum Gasteiger partial charge on any atom is -0.480 e. The van der Waals surface area contributed by atoms with E-state index in [0.29, 0.717) is 51.8 Å². The van der Waals surface area contributed by atoms with E-state index in [1.165, 1.54) is 37.4 Å². The standard InChI is InChI=1S/C31H54NO12PS/c33-15-17-40-19-21-42-23-22-41-20-18-39-16-11-6-4-2-1-3-5-7-12-24-46-27-30(34)32-29(31(35)36)26-44-45(37,38)43-25-28-13-9-8-10-14-28/h8-10,13-14,29,33H,1-7,11-12,15-27H2,(H,32,34)(H,35,36)(H,37,38)/t29-/m0/s1. The first-order valence-corrected chi connectivity index (χ1v) is 18.7. The highest BCUT2D eigenvalue weighted by atomic mass is 32.2. The summed E-state index contributed by atoms with van der Waals surface area (Å²) < 4.78 is 43.2. The first kappa shape index (κ1) is 42.4. The molecule has 0 aromatic heterocycles. The lowest BCUT2D eigenvalue weighted by molar-refractivity contribution is -0.142. The molecule has 15 heteroatoms. The number of carbonyl (C=O) groups is 2. The second kappa shape index (κ2) is 29.6. The predicted molar refractivity (Wildman–Crippen MR) is 176 cm³/mol. The van der Waals surface area contributed by atoms with Crippen molar-refractivity contribution in [2.24, 2.45) is 0 Å². The van der Waals surface area contributed by atoms with E-state index in [1.54, 1.807) is 30.3 Å². The van der Waals surface area contributed by atoms with E-state index in [2.05, 4.69) is 5.32 Å². The summed E-state index contributed by atoms with van der Waals surface area (Å²) in [5.41, 5.74) is 0.658. The molecule has 1 aromatic rings. The lowest BCUT2D eigenvalue weighted by Crippen LogP contribution is -2.44. The van der Waals surface area contributed by atoms with E-state index in [0.717, 1.165) is 44.5 Å². The summed E-state index contributed by atoms with van der Waals surface area (Å²) in [6.45, 7) is 3.38. The van der Waals surface area contributed by atoms with Gasteiger partial charge in [0.15, 0.2) is 6.04 Å². The molecule has 0 fully saturated rings. The van der Waals surface area contributed by atoms with Crippen LogP contribution in [0.1, 0.15) is 63.4 Å². The van der Waals surface area contributed by atoms with Crippen LogP contribution in [0.2, 0.25) is 0 Å². The smallest absolute Gasteiger partial charge is 0.472 e. The molecule has 0 radical (unpaired) electrons. The molecule has 0 saturated carbocycles. The summed E-state index contributed by atoms with van der Waals surface area (Å²) >= 11 is 1.43. The van der Waals surface area contributed by atoms with Crippen molar-refractivity contribution in [3.05, 3.63) is 35.9 Å². The second-order valence-electron chi connectivity index (χ2n) is 10.4. The van der Waals surface area contributed by atoms with Crippen molar-refractivity contribution in [1.82, 2.24) is 5.32 Å². The van der Waals surface area contributed by atoms with Gasteiger partial charge in [0, 0.05) is 6.61 Å². The number of hydrogen-bond acceptors (Lipinski definition) is 11. The molecule has 0 aliphatic rings. The highest BCUT2D eigenvalue weighted by Gasteiger charge is 2.27. The minimum atomic E-state index is -4.49. The van der Waals surface area contributed by atoms with Crippen LogP contribution >= 0.6 is 19.6 Å². The van der Waals surface area contributed by atoms with Crippen molar-refractivity contribution in [1.29, 1.82) is 0 Å². The van der Waals surface area contributed by atoms with Gasteiger partial charge in [-0.2, -0.15) is 11.8 Å². The van der Waals surface area contributed by atoms with Crippen LogP contribution in [-0.2, 0) is 48.8 Å². The van der Waals surface area contributed by atoms with Crippen molar-refractivity contribution in [3.63, 3.8) is 0 Å². The van der Waals surface area contributed by atoms with Crippen molar-refractivity contribution < 1.29 is 57.3 Å². The molecule has 266 valence electrons. The highest BCUT2D eigenvalue weighted by Crippen LogP contribution is 2.44. The zero-order valence-electron chi connectivity index (χ0n) is 26.9. The topological polar surface area (TPSA) is 179 Å². The molecule has 0 aliphatic carbocycles. The number of aliphatic hydroxyl groups excluding tert-OH is 1. The molecule has 1 aromatic carbocycles. The van der Waals surface area contributed by atoms with Gasteiger partial charge in [0.05, 0.1) is 71.8 Å². The summed E-state index contributed by atoms with van der Waals surface area (Å²) in [6.07, 6.45) is 10.2. The van der Waals surface area contributed by atoms with Crippen LogP contribution in [0.25, 0.3) is 0 Å². The molecule has 13 nitrogen and oxygen atoms in total. The molecule has 46 heavy (non-hydrogen) atoms. The van der Waals surface area contributed by atoms with Crippen molar-refractivity contribution in [3.8, 4) is 0 Å². The Morgan fingerprint density at radius 2 is 1.26 bits per heavy atom. The van der Waals surface area contributed by atoms with Crippen molar-refractivity contribution in [2.75, 3.05) is 77.6 Å². The minimum absolute atomic E-state index is 0.0225. The third-order valence-electron chi connectivity index (χ3n) is 6.44. The summed E-state index contributed by atoms with van der Waals surface area (Å²) in [6, 6.07) is 7.25. The Hall–Kier alpha value is -1.58. The van der Waals surface area contributed by atoms with Crippen molar-refractivity contribution in [2.45, 2.75) is 70.4 Å². The molecule has 0 saturated heterocycles. The summed E-state index contributed by atoms with van der Waals surface area (Å²) in [4.78, 5) is 33.5. The Balaban J connectivity index is 1.89. The number of rotatable bonds is 33. The van der Waals surface area contributed by atoms with Gasteiger partial charge in [-0.05, 0) is 24.2 Å². The molecule has 0 bridgehead atoms. The van der Waals surface area contributed by atoms with Gasteiger partial charge in [-0.1, -0.05) is 75.3 Å². The second-order valence-corrected chi connectivity index (χ2v) is 12.9. The number of nitrogens with one attached hydrogen (secondary N) is 1. The fourth-order valence-electron chi connectivity index (χ4n) is 3.98. The van der Waals surface area contributed by atoms with Gasteiger partial charge in [0.25, 0.3) is 0 Å². The first-order chi connectivity index (χ1) is 22.3. The molecule has 0 heterocycles. The van der Waals surface area contributed by atoms with Gasteiger partial charge in [-0.25, -0.2) is 9.36 Å². The first-order valence-electron chi connectivity index (χ1n) is 16.0. The van der Waals surface area contributed by atoms with Crippen LogP contribution in [0.4, 0.5) is 0 Å². The fraction of sp³-hybridized carbons (Fsp3) is 0.742. The van der Waals surface area contributed by atoms with Crippen LogP contribution in [0.5, 0.6) is 0 Å². The number of unbranched alkanes of at least 4 members (excludes halogenated alkanes) is 8. The Morgan fingerprint density at radius 1 is 0.739 bits per heavy atom. The fourth-order valence-corrected chi connectivity index (χ4v) is 5.53. The number of hydrogen-bond donors (Lipinski definition) is 4. The van der Waals surface area contributed by atoms with Crippen LogP contribution in [0, 0.1) is 0 Å². The van der Waals surface area contributed by atoms with Gasteiger partial charge in [-0.3, -0.25) is 13.8 Å². The van der Waals surface area contributed by atoms with E-state index < -0.39 is 32.3 Å². The number of carbonyl (C=O) groups excluding carboxylic acids is 1. The molecule has 2 atom stereocenters. The largest absolute Gasteiger partial charge is 0.480 e. The number of phosphoric ester groups is 1. The molecule has 4 N–H and O–H groups in total. The third kappa shape index (κ3) is 26.5. The highest BCUT2D eigenvalue weighted by molar-refractivity contribution is 7.99. The van der Waals surface area contributed by atoms with E-state index >= 15 is 0 Å². The zero-order chi connectivity index (χ0) is 33.6. The number of amides is 1. The Kier molecular flexibility index (Phi) is 27.3. The predicted octanol–water partition coefficient (Wildman–Crippen LogP) is 4.19. The normalized spacial score (nSPS) is 13.3. The SMILES string of the molecule is O=C(CSCCCCCCCCCCCOCCOCCOCCOCCO)N[C@@H](COP(=O)(O)OCc1ccccc1)C(=O)O. The summed E-state index contributed by atoms with van der Waals surface area (Å²) in [5.74, 6) is -0.952. The number of thioether (sulfide) groups is 1. The van der Waals surface area contributed by atoms with Crippen LogP contribution in [0.3, 0.4) is 0 Å². The quantitative estimate of drug-likeness (QED) is 0.0608. The monoisotopic (exact) mass is 695 g/mol.